The van der Waals surface area contributed by atoms with E-state index in [4.69, 9.17) is 22.8 Å². The summed E-state index contributed by atoms with van der Waals surface area (Å²) >= 11 is 0. The van der Waals surface area contributed by atoms with Gasteiger partial charge in [0.25, 0.3) is 25.0 Å². The molecule has 0 unspecified atom stereocenters. The van der Waals surface area contributed by atoms with E-state index >= 15 is 0 Å². The smallest absolute Gasteiger partial charge is 0.303 e. The minimum atomic E-state index is -3.47. The van der Waals surface area contributed by atoms with Gasteiger partial charge in [-0.25, -0.2) is 0 Å². The van der Waals surface area contributed by atoms with E-state index in [1.807, 2.05) is 84.9 Å². The van der Waals surface area contributed by atoms with Crippen molar-refractivity contribution < 1.29 is 32.3 Å². The van der Waals surface area contributed by atoms with Crippen molar-refractivity contribution in [3.05, 3.63) is 182 Å². The number of amides is 1. The average Bonchev–Trinajstić information content (AvgIpc) is 3.32. The highest BCUT2D eigenvalue weighted by Gasteiger charge is 2.61. The third kappa shape index (κ3) is 10.3. The highest BCUT2D eigenvalue weighted by atomic mass is 28.4. The number of carbonyl (C=O) groups is 2. The number of rotatable bonds is 15. The van der Waals surface area contributed by atoms with Gasteiger partial charge in [0.15, 0.2) is 12.4 Å². The van der Waals surface area contributed by atoms with Gasteiger partial charge in [0.05, 0.1) is 6.61 Å². The van der Waals surface area contributed by atoms with Crippen LogP contribution in [-0.2, 0) is 32.3 Å². The van der Waals surface area contributed by atoms with Crippen LogP contribution in [0, 0.1) is 0 Å². The molecule has 1 N–H and O–H groups in total. The fraction of sp³-hybridized carbons (Fsp3) is 0.345. The summed E-state index contributed by atoms with van der Waals surface area (Å²) in [7, 11) is -10.1. The molecule has 6 aromatic carbocycles. The Kier molecular flexibility index (Phi) is 15.7. The van der Waals surface area contributed by atoms with Crippen LogP contribution in [0.15, 0.2) is 182 Å². The summed E-state index contributed by atoms with van der Waals surface area (Å²) in [5.74, 6) is -0.817. The van der Waals surface area contributed by atoms with Crippen molar-refractivity contribution >= 4 is 67.9 Å². The molecule has 1 aliphatic rings. The molecule has 1 fully saturated rings. The zero-order valence-corrected chi connectivity index (χ0v) is 45.3. The van der Waals surface area contributed by atoms with Crippen LogP contribution >= 0.6 is 0 Å². The molecule has 7 rings (SSSR count). The lowest BCUT2D eigenvalue weighted by molar-refractivity contribution is -0.249. The Morgan fingerprint density at radius 2 is 0.768 bits per heavy atom. The summed E-state index contributed by atoms with van der Waals surface area (Å²) < 4.78 is 37.9. The Balaban J connectivity index is 1.52. The van der Waals surface area contributed by atoms with Crippen LogP contribution in [0.4, 0.5) is 0 Å². The third-order valence-corrected chi connectivity index (χ3v) is 28.7. The van der Waals surface area contributed by atoms with Crippen LogP contribution in [0.5, 0.6) is 0 Å². The zero-order chi connectivity index (χ0) is 49.7. The first-order chi connectivity index (χ1) is 32.8. The molecule has 5 atom stereocenters. The van der Waals surface area contributed by atoms with E-state index in [9.17, 15) is 9.59 Å². The van der Waals surface area contributed by atoms with Gasteiger partial charge in [-0.15, -0.1) is 0 Å². The summed E-state index contributed by atoms with van der Waals surface area (Å²) in [5, 5.41) is 8.31. The lowest BCUT2D eigenvalue weighted by Gasteiger charge is -2.54. The fourth-order valence-corrected chi connectivity index (χ4v) is 24.6. The summed E-state index contributed by atoms with van der Waals surface area (Å²) in [6.07, 6.45) is -4.14. The van der Waals surface area contributed by atoms with Crippen molar-refractivity contribution in [2.75, 3.05) is 6.61 Å². The Morgan fingerprint density at radius 3 is 1.06 bits per heavy atom. The topological polar surface area (TPSA) is 92.3 Å². The molecule has 0 aliphatic carbocycles. The molecule has 0 spiro atoms. The predicted octanol–water partition coefficient (Wildman–Crippen LogP) is 8.25. The van der Waals surface area contributed by atoms with Gasteiger partial charge in [0, 0.05) is 13.8 Å². The molecule has 0 radical (unpaired) electrons. The molecule has 1 amide bonds. The number of ether oxygens (including phenoxy) is 2. The van der Waals surface area contributed by atoms with Gasteiger partial charge in [0.2, 0.25) is 5.91 Å². The van der Waals surface area contributed by atoms with Crippen molar-refractivity contribution in [2.24, 2.45) is 0 Å². The predicted molar refractivity (Wildman–Crippen MR) is 287 cm³/mol. The standard InChI is InChI=1S/C58H71NO7Si3/c1-43(60)59-52-54(65-68(57(6,7)8,47-34-22-14-23-35-47)48-36-24-15-25-37-48)53(63-44(2)61)51(42-62-67(56(3,4)5,45-30-18-12-19-31-45)46-32-20-13-21-33-46)64-55(52)66-69(58(9,10)11,49-38-26-16-27-39-49)50-40-28-17-29-41-50/h12-41,51-55H,42H2,1-11H3,(H,59,60)/t51-,52-,53-,54-,55+/m1/s1. The van der Waals surface area contributed by atoms with E-state index in [-0.39, 0.29) is 17.6 Å². The van der Waals surface area contributed by atoms with Crippen molar-refractivity contribution in [3.8, 4) is 0 Å². The largest absolute Gasteiger partial charge is 0.457 e. The van der Waals surface area contributed by atoms with Gasteiger partial charge in [-0.3, -0.25) is 9.59 Å². The molecular weight excluding hydrogens is 907 g/mol. The number of hydrogen-bond donors (Lipinski definition) is 1. The Hall–Kier alpha value is -5.25. The van der Waals surface area contributed by atoms with Crippen molar-refractivity contribution in [2.45, 2.75) is 122 Å². The van der Waals surface area contributed by atoms with E-state index < -0.39 is 71.6 Å². The minimum absolute atomic E-state index is 0.0131. The van der Waals surface area contributed by atoms with Crippen molar-refractivity contribution in [1.29, 1.82) is 0 Å². The minimum Gasteiger partial charge on any atom is -0.457 e. The number of carbonyl (C=O) groups excluding carboxylic acids is 2. The maximum absolute atomic E-state index is 13.9. The van der Waals surface area contributed by atoms with E-state index in [2.05, 4.69) is 165 Å². The quantitative estimate of drug-likeness (QED) is 0.0820. The zero-order valence-electron chi connectivity index (χ0n) is 42.3. The number of benzene rings is 6. The van der Waals surface area contributed by atoms with Crippen molar-refractivity contribution in [3.63, 3.8) is 0 Å². The molecule has 362 valence electrons. The number of hydrogen-bond acceptors (Lipinski definition) is 7. The van der Waals surface area contributed by atoms with Crippen LogP contribution < -0.4 is 36.4 Å². The molecule has 6 aromatic rings. The van der Waals surface area contributed by atoms with Gasteiger partial charge in [-0.2, -0.15) is 0 Å². The molecule has 0 aromatic heterocycles. The van der Waals surface area contributed by atoms with E-state index in [1.54, 1.807) is 0 Å². The lowest BCUT2D eigenvalue weighted by Crippen LogP contribution is -2.76. The Bertz CT molecular complexity index is 2470. The average molecular weight is 978 g/mol. The Morgan fingerprint density at radius 1 is 0.464 bits per heavy atom. The molecule has 8 nitrogen and oxygen atoms in total. The van der Waals surface area contributed by atoms with Crippen molar-refractivity contribution in [1.82, 2.24) is 5.32 Å². The molecule has 1 aliphatic heterocycles. The highest BCUT2D eigenvalue weighted by molar-refractivity contribution is 7.00. The van der Waals surface area contributed by atoms with Crippen LogP contribution in [-0.4, -0.2) is 74.1 Å². The molecule has 11 heteroatoms. The first-order valence-electron chi connectivity index (χ1n) is 24.2. The van der Waals surface area contributed by atoms with E-state index in [0.717, 1.165) is 31.1 Å². The molecule has 1 saturated heterocycles. The van der Waals surface area contributed by atoms with Crippen LogP contribution in [0.25, 0.3) is 0 Å². The SMILES string of the molecule is CC(=O)N[C@H]1[C@H](O[Si](c2ccccc2)(c2ccccc2)C(C)(C)C)O[C@H](CO[Si](c2ccccc2)(c2ccccc2)C(C)(C)C)[C@@H](OC(C)=O)[C@@H]1O[Si](c1ccccc1)(c1ccccc1)C(C)(C)C. The normalized spacial score (nSPS) is 19.4. The van der Waals surface area contributed by atoms with E-state index in [1.165, 1.54) is 13.8 Å². The summed E-state index contributed by atoms with van der Waals surface area (Å²) in [5.41, 5.74) is 0. The van der Waals surface area contributed by atoms with Gasteiger partial charge in [-0.05, 0) is 46.2 Å². The molecule has 0 saturated carbocycles. The number of nitrogens with one attached hydrogen (secondary N) is 1. The van der Waals surface area contributed by atoms with Crippen LogP contribution in [0.1, 0.15) is 76.2 Å². The monoisotopic (exact) mass is 977 g/mol. The van der Waals surface area contributed by atoms with Crippen LogP contribution in [0.3, 0.4) is 0 Å². The van der Waals surface area contributed by atoms with Gasteiger partial charge in [-0.1, -0.05) is 244 Å². The second kappa shape index (κ2) is 21.0. The molecular formula is C58H71NO7Si3. The molecule has 0 bridgehead atoms. The summed E-state index contributed by atoms with van der Waals surface area (Å²) in [4.78, 5) is 27.7. The van der Waals surface area contributed by atoms with Crippen LogP contribution in [0.2, 0.25) is 15.1 Å². The maximum Gasteiger partial charge on any atom is 0.303 e. The third-order valence-electron chi connectivity index (χ3n) is 13.6. The summed E-state index contributed by atoms with van der Waals surface area (Å²) in [6.45, 7) is 22.9. The van der Waals surface area contributed by atoms with E-state index in [0.29, 0.717) is 0 Å². The highest BCUT2D eigenvalue weighted by Crippen LogP contribution is 2.44. The second-order valence-corrected chi connectivity index (χ2v) is 34.2. The first-order valence-corrected chi connectivity index (χ1v) is 29.9. The van der Waals surface area contributed by atoms with Gasteiger partial charge >= 0.3 is 5.97 Å². The first kappa shape index (κ1) is 51.6. The number of esters is 1. The second-order valence-electron chi connectivity index (χ2n) is 21.3. The van der Waals surface area contributed by atoms with Gasteiger partial charge in [0.1, 0.15) is 18.2 Å². The maximum atomic E-state index is 13.9. The molecule has 1 heterocycles. The lowest BCUT2D eigenvalue weighted by atomic mass is 9.96. The summed E-state index contributed by atoms with van der Waals surface area (Å²) in [6, 6.07) is 61.5. The fourth-order valence-electron chi connectivity index (χ4n) is 10.7. The Labute approximate surface area is 414 Å². The van der Waals surface area contributed by atoms with Gasteiger partial charge < -0.3 is 28.1 Å². The molecule has 69 heavy (non-hydrogen) atoms.